The van der Waals surface area contributed by atoms with Crippen molar-refractivity contribution in [2.24, 2.45) is 0 Å². The van der Waals surface area contributed by atoms with Gasteiger partial charge in [-0.15, -0.1) is 0 Å². The van der Waals surface area contributed by atoms with E-state index in [9.17, 15) is 13.2 Å². The summed E-state index contributed by atoms with van der Waals surface area (Å²) in [5.41, 5.74) is 0. The van der Waals surface area contributed by atoms with E-state index in [0.717, 1.165) is 0 Å². The Morgan fingerprint density at radius 2 is 2.31 bits per heavy atom. The van der Waals surface area contributed by atoms with Gasteiger partial charge in [0.15, 0.2) is 5.03 Å². The number of carboxylic acids is 1. The first-order valence-electron chi connectivity index (χ1n) is 4.63. The van der Waals surface area contributed by atoms with Gasteiger partial charge in [0.25, 0.3) is 10.0 Å². The Kier molecular flexibility index (Phi) is 3.66. The van der Waals surface area contributed by atoms with E-state index in [4.69, 9.17) is 5.11 Å². The van der Waals surface area contributed by atoms with Crippen molar-refractivity contribution in [3.63, 3.8) is 0 Å². The topological polar surface area (TPSA) is 101 Å². The van der Waals surface area contributed by atoms with E-state index >= 15 is 0 Å². The highest BCUT2D eigenvalue weighted by Crippen LogP contribution is 2.08. The van der Waals surface area contributed by atoms with Crippen LogP contribution >= 0.6 is 0 Å². The first-order chi connectivity index (χ1) is 7.38. The molecule has 90 valence electrons. The maximum atomic E-state index is 11.8. The first kappa shape index (κ1) is 12.7. The molecule has 16 heavy (non-hydrogen) atoms. The summed E-state index contributed by atoms with van der Waals surface area (Å²) in [6, 6.07) is -1.18. The summed E-state index contributed by atoms with van der Waals surface area (Å²) >= 11 is 0. The van der Waals surface area contributed by atoms with Gasteiger partial charge in [-0.3, -0.25) is 4.79 Å². The summed E-state index contributed by atoms with van der Waals surface area (Å²) in [6.07, 6.45) is 2.56. The number of rotatable bonds is 5. The smallest absolute Gasteiger partial charge is 0.321 e. The summed E-state index contributed by atoms with van der Waals surface area (Å²) in [6.45, 7) is 3.46. The van der Waals surface area contributed by atoms with Crippen LogP contribution in [0.15, 0.2) is 17.6 Å². The lowest BCUT2D eigenvalue weighted by atomic mass is 10.4. The van der Waals surface area contributed by atoms with Crippen LogP contribution in [-0.2, 0) is 21.4 Å². The average molecular weight is 247 g/mol. The third-order valence-electron chi connectivity index (χ3n) is 1.99. The van der Waals surface area contributed by atoms with Gasteiger partial charge in [-0.05, 0) is 13.8 Å². The largest absolute Gasteiger partial charge is 0.480 e. The average Bonchev–Trinajstić information content (AvgIpc) is 2.64. The van der Waals surface area contributed by atoms with Gasteiger partial charge in [-0.2, -0.15) is 4.72 Å². The molecule has 0 aliphatic rings. The Morgan fingerprint density at radius 3 is 2.81 bits per heavy atom. The molecule has 0 radical (unpaired) electrons. The zero-order chi connectivity index (χ0) is 12.3. The number of carbonyl (C=O) groups is 1. The molecule has 0 amide bonds. The van der Waals surface area contributed by atoms with Gasteiger partial charge in [0.2, 0.25) is 0 Å². The molecule has 0 aliphatic carbocycles. The Balaban J connectivity index is 2.99. The van der Waals surface area contributed by atoms with Gasteiger partial charge in [-0.25, -0.2) is 13.4 Å². The minimum absolute atomic E-state index is 0.0388. The van der Waals surface area contributed by atoms with Crippen molar-refractivity contribution >= 4 is 16.0 Å². The van der Waals surface area contributed by atoms with Crippen LogP contribution in [0.2, 0.25) is 0 Å². The fourth-order valence-electron chi connectivity index (χ4n) is 1.11. The molecule has 0 fully saturated rings. The van der Waals surface area contributed by atoms with Crippen LogP contribution in [0.25, 0.3) is 0 Å². The molecule has 1 unspecified atom stereocenters. The van der Waals surface area contributed by atoms with Crippen LogP contribution in [0.4, 0.5) is 0 Å². The van der Waals surface area contributed by atoms with E-state index in [1.54, 1.807) is 6.92 Å². The van der Waals surface area contributed by atoms with Crippen LogP contribution in [0, 0.1) is 0 Å². The van der Waals surface area contributed by atoms with Crippen molar-refractivity contribution < 1.29 is 18.3 Å². The predicted octanol–water partition coefficient (Wildman–Crippen LogP) is -0.346. The molecule has 7 nitrogen and oxygen atoms in total. The number of nitrogens with zero attached hydrogens (tertiary/aromatic N) is 2. The highest BCUT2D eigenvalue weighted by Gasteiger charge is 2.24. The molecule has 0 spiro atoms. The molecule has 8 heteroatoms. The molecule has 1 aromatic rings. The summed E-state index contributed by atoms with van der Waals surface area (Å²) < 4.78 is 27.0. The standard InChI is InChI=1S/C8H13N3O4S/c1-3-11-5-9-4-7(11)16(14,15)10-6(2)8(12)13/h4-6,10H,3H2,1-2H3,(H,12,13). The third-order valence-corrected chi connectivity index (χ3v) is 3.55. The minimum Gasteiger partial charge on any atom is -0.480 e. The molecule has 1 rings (SSSR count). The monoisotopic (exact) mass is 247 g/mol. The van der Waals surface area contributed by atoms with Gasteiger partial charge < -0.3 is 9.67 Å². The van der Waals surface area contributed by atoms with Gasteiger partial charge in [0, 0.05) is 6.54 Å². The Morgan fingerprint density at radius 1 is 1.69 bits per heavy atom. The molecule has 2 N–H and O–H groups in total. The Hall–Kier alpha value is -1.41. The maximum Gasteiger partial charge on any atom is 0.321 e. The zero-order valence-electron chi connectivity index (χ0n) is 8.91. The molecule has 0 saturated carbocycles. The first-order valence-corrected chi connectivity index (χ1v) is 6.12. The lowest BCUT2D eigenvalue weighted by molar-refractivity contribution is -0.138. The molecule has 0 bridgehead atoms. The molecule has 1 atom stereocenters. The summed E-state index contributed by atoms with van der Waals surface area (Å²) in [5.74, 6) is -1.23. The molecular weight excluding hydrogens is 234 g/mol. The van der Waals surface area contributed by atoms with E-state index in [0.29, 0.717) is 6.54 Å². The van der Waals surface area contributed by atoms with Crippen LogP contribution < -0.4 is 4.72 Å². The predicted molar refractivity (Wildman–Crippen MR) is 55.3 cm³/mol. The highest BCUT2D eigenvalue weighted by atomic mass is 32.2. The number of hydrogen-bond donors (Lipinski definition) is 2. The second kappa shape index (κ2) is 4.62. The van der Waals surface area contributed by atoms with Crippen LogP contribution in [-0.4, -0.2) is 35.1 Å². The Labute approximate surface area is 93.2 Å². The van der Waals surface area contributed by atoms with E-state index in [1.165, 1.54) is 24.0 Å². The second-order valence-electron chi connectivity index (χ2n) is 3.20. The number of hydrogen-bond acceptors (Lipinski definition) is 4. The molecule has 0 aromatic carbocycles. The minimum atomic E-state index is -3.83. The van der Waals surface area contributed by atoms with Crippen molar-refractivity contribution in [2.75, 3.05) is 0 Å². The van der Waals surface area contributed by atoms with Gasteiger partial charge in [-0.1, -0.05) is 0 Å². The zero-order valence-corrected chi connectivity index (χ0v) is 9.73. The fourth-order valence-corrected chi connectivity index (χ4v) is 2.48. The van der Waals surface area contributed by atoms with Crippen molar-refractivity contribution in [2.45, 2.75) is 31.5 Å². The van der Waals surface area contributed by atoms with Crippen molar-refractivity contribution in [1.82, 2.24) is 14.3 Å². The molecular formula is C8H13N3O4S. The number of nitrogens with one attached hydrogen (secondary N) is 1. The third kappa shape index (κ3) is 2.58. The van der Waals surface area contributed by atoms with Crippen molar-refractivity contribution in [3.8, 4) is 0 Å². The highest BCUT2D eigenvalue weighted by molar-refractivity contribution is 7.89. The number of aliphatic carboxylic acids is 1. The number of aromatic nitrogens is 2. The molecule has 0 aliphatic heterocycles. The van der Waals surface area contributed by atoms with Crippen LogP contribution in [0.5, 0.6) is 0 Å². The maximum absolute atomic E-state index is 11.8. The summed E-state index contributed by atoms with van der Waals surface area (Å²) in [7, 11) is -3.83. The van der Waals surface area contributed by atoms with Gasteiger partial charge >= 0.3 is 5.97 Å². The molecule has 1 aromatic heterocycles. The normalized spacial score (nSPS) is 13.6. The van der Waals surface area contributed by atoms with E-state index in [1.807, 2.05) is 4.72 Å². The lowest BCUT2D eigenvalue weighted by Gasteiger charge is -2.10. The molecule has 1 heterocycles. The second-order valence-corrected chi connectivity index (χ2v) is 4.86. The van der Waals surface area contributed by atoms with Gasteiger partial charge in [0.1, 0.15) is 6.04 Å². The summed E-state index contributed by atoms with van der Waals surface area (Å²) in [5, 5.41) is 8.58. The number of sulfonamides is 1. The fraction of sp³-hybridized carbons (Fsp3) is 0.500. The van der Waals surface area contributed by atoms with Crippen molar-refractivity contribution in [3.05, 3.63) is 12.5 Å². The quantitative estimate of drug-likeness (QED) is 0.740. The number of carboxylic acid groups (broad SMARTS) is 1. The van der Waals surface area contributed by atoms with E-state index < -0.39 is 22.0 Å². The van der Waals surface area contributed by atoms with Gasteiger partial charge in [0.05, 0.1) is 12.5 Å². The van der Waals surface area contributed by atoms with E-state index in [2.05, 4.69) is 4.98 Å². The Bertz CT molecular complexity index is 479. The number of aryl methyl sites for hydroxylation is 1. The lowest BCUT2D eigenvalue weighted by Crippen LogP contribution is -2.39. The SMILES string of the molecule is CCn1cncc1S(=O)(=O)NC(C)C(=O)O. The van der Waals surface area contributed by atoms with E-state index in [-0.39, 0.29) is 5.03 Å². The summed E-state index contributed by atoms with van der Waals surface area (Å²) in [4.78, 5) is 14.3. The molecule has 0 saturated heterocycles. The number of imidazole rings is 1. The van der Waals surface area contributed by atoms with Crippen LogP contribution in [0.1, 0.15) is 13.8 Å². The van der Waals surface area contributed by atoms with Crippen molar-refractivity contribution in [1.29, 1.82) is 0 Å². The van der Waals surface area contributed by atoms with Crippen LogP contribution in [0.3, 0.4) is 0 Å².